The second kappa shape index (κ2) is 9.54. The zero-order valence-electron chi connectivity index (χ0n) is 15.0. The van der Waals surface area contributed by atoms with Gasteiger partial charge in [-0.25, -0.2) is 4.79 Å². The van der Waals surface area contributed by atoms with Crippen LogP contribution in [0.3, 0.4) is 0 Å². The Bertz CT molecular complexity index is 855. The Morgan fingerprint density at radius 1 is 1.39 bits per heavy atom. The van der Waals surface area contributed by atoms with Gasteiger partial charge in [0.1, 0.15) is 18.3 Å². The molecule has 0 spiro atoms. The molecule has 28 heavy (non-hydrogen) atoms. The summed E-state index contributed by atoms with van der Waals surface area (Å²) in [5.41, 5.74) is 7.00. The van der Waals surface area contributed by atoms with Crippen molar-refractivity contribution >= 4 is 52.7 Å². The molecule has 1 aliphatic rings. The summed E-state index contributed by atoms with van der Waals surface area (Å²) in [6.45, 7) is 2.04. The molecule has 0 saturated carbocycles. The zero-order chi connectivity index (χ0) is 19.9. The summed E-state index contributed by atoms with van der Waals surface area (Å²) in [5, 5.41) is 4.82. The van der Waals surface area contributed by atoms with E-state index in [4.69, 9.17) is 22.1 Å². The van der Waals surface area contributed by atoms with E-state index >= 15 is 0 Å². The van der Waals surface area contributed by atoms with Gasteiger partial charge in [0.15, 0.2) is 0 Å². The summed E-state index contributed by atoms with van der Waals surface area (Å²) in [5.74, 6) is -0.231. The summed E-state index contributed by atoms with van der Waals surface area (Å²) in [6.07, 6.45) is 0.462. The third-order valence-corrected chi connectivity index (χ3v) is 5.34. The molecule has 8 nitrogen and oxygen atoms in total. The number of nitrogens with one attached hydrogen (secondary N) is 1. The lowest BCUT2D eigenvalue weighted by Crippen LogP contribution is -2.78. The van der Waals surface area contributed by atoms with Gasteiger partial charge in [0.05, 0.1) is 35.2 Å². The first kappa shape index (κ1) is 20.1. The number of benzene rings is 1. The van der Waals surface area contributed by atoms with Crippen molar-refractivity contribution in [2.45, 2.75) is 6.10 Å². The highest BCUT2D eigenvalue weighted by Crippen LogP contribution is 2.23. The molecule has 1 unspecified atom stereocenters. The van der Waals surface area contributed by atoms with Crippen molar-refractivity contribution in [2.75, 3.05) is 31.1 Å². The van der Waals surface area contributed by atoms with Crippen molar-refractivity contribution in [3.05, 3.63) is 45.6 Å². The minimum atomic E-state index is -0.424. The lowest BCUT2D eigenvalue weighted by Gasteiger charge is -2.13. The lowest BCUT2D eigenvalue weighted by molar-refractivity contribution is -0.568. The maximum absolute atomic E-state index is 12.2. The minimum Gasteiger partial charge on any atom is -0.442 e. The number of cyclic esters (lactones) is 1. The SMILES string of the molecule is NC=NCC[NH2+]c1ccc(N2CC(CNC(=O)c3ccc(Cl)s3)OC2=O)cc1. The number of amides is 2. The molecule has 148 valence electrons. The number of quaternary nitrogens is 1. The summed E-state index contributed by atoms with van der Waals surface area (Å²) in [6, 6.07) is 10.9. The first-order valence-corrected chi connectivity index (χ1v) is 9.91. The summed E-state index contributed by atoms with van der Waals surface area (Å²) in [4.78, 5) is 30.3. The highest BCUT2D eigenvalue weighted by molar-refractivity contribution is 7.17. The van der Waals surface area contributed by atoms with Gasteiger partial charge in [0, 0.05) is 17.8 Å². The molecule has 1 aromatic carbocycles. The van der Waals surface area contributed by atoms with E-state index in [9.17, 15) is 9.59 Å². The fourth-order valence-electron chi connectivity index (χ4n) is 2.74. The summed E-state index contributed by atoms with van der Waals surface area (Å²) in [7, 11) is 0. The highest BCUT2D eigenvalue weighted by Gasteiger charge is 2.32. The number of carbonyl (C=O) groups excluding carboxylic acids is 2. The van der Waals surface area contributed by atoms with Gasteiger partial charge >= 0.3 is 6.09 Å². The first-order chi connectivity index (χ1) is 13.6. The maximum Gasteiger partial charge on any atom is 0.414 e. The Morgan fingerprint density at radius 3 is 2.86 bits per heavy atom. The largest absolute Gasteiger partial charge is 0.442 e. The second-order valence-electron chi connectivity index (χ2n) is 6.07. The van der Waals surface area contributed by atoms with Crippen LogP contribution in [0.5, 0.6) is 0 Å². The number of nitrogens with zero attached hydrogens (tertiary/aromatic N) is 2. The van der Waals surface area contributed by atoms with Gasteiger partial charge in [-0.3, -0.25) is 14.7 Å². The standard InChI is InChI=1S/C18H20ClN5O3S/c19-16-6-5-15(28-16)17(25)23-9-14-10-24(18(26)27-14)13-3-1-12(2-4-13)22-8-7-21-11-20/h1-6,11,14,22H,7-10H2,(H2,20,21)(H,23,25)/p+1. The van der Waals surface area contributed by atoms with E-state index in [0.29, 0.717) is 22.3 Å². The number of hydrogen-bond donors (Lipinski definition) is 3. The Labute approximate surface area is 171 Å². The van der Waals surface area contributed by atoms with E-state index in [1.165, 1.54) is 17.7 Å². The Balaban J connectivity index is 1.50. The van der Waals surface area contributed by atoms with Gasteiger partial charge in [-0.15, -0.1) is 11.3 Å². The topological polar surface area (TPSA) is 114 Å². The maximum atomic E-state index is 12.2. The molecule has 5 N–H and O–H groups in total. The fourth-order valence-corrected chi connectivity index (χ4v) is 3.70. The van der Waals surface area contributed by atoms with Crippen LogP contribution in [-0.4, -0.2) is 50.6 Å². The first-order valence-electron chi connectivity index (χ1n) is 8.72. The fraction of sp³-hybridized carbons (Fsp3) is 0.278. The van der Waals surface area contributed by atoms with Crippen LogP contribution in [0, 0.1) is 0 Å². The molecule has 1 atom stereocenters. The van der Waals surface area contributed by atoms with Gasteiger partial charge in [-0.05, 0) is 24.3 Å². The Morgan fingerprint density at radius 2 is 2.18 bits per heavy atom. The minimum absolute atomic E-state index is 0.231. The second-order valence-corrected chi connectivity index (χ2v) is 7.78. The third kappa shape index (κ3) is 5.22. The number of carbonyl (C=O) groups is 2. The monoisotopic (exact) mass is 422 g/mol. The smallest absolute Gasteiger partial charge is 0.414 e. The van der Waals surface area contributed by atoms with Gasteiger partial charge in [-0.1, -0.05) is 11.6 Å². The number of nitrogens with two attached hydrogens (primary N) is 2. The molecule has 1 saturated heterocycles. The van der Waals surface area contributed by atoms with Crippen molar-refractivity contribution in [3.63, 3.8) is 0 Å². The number of thiophene rings is 1. The van der Waals surface area contributed by atoms with Crippen molar-refractivity contribution in [3.8, 4) is 0 Å². The van der Waals surface area contributed by atoms with Crippen LogP contribution in [0.15, 0.2) is 41.4 Å². The molecule has 10 heteroatoms. The molecule has 1 aliphatic heterocycles. The summed E-state index contributed by atoms with van der Waals surface area (Å²) < 4.78 is 5.91. The van der Waals surface area contributed by atoms with Crippen LogP contribution >= 0.6 is 22.9 Å². The van der Waals surface area contributed by atoms with E-state index in [0.717, 1.165) is 17.9 Å². The molecule has 0 aliphatic carbocycles. The number of hydrogen-bond acceptors (Lipinski definition) is 5. The third-order valence-electron chi connectivity index (χ3n) is 4.11. The van der Waals surface area contributed by atoms with Crippen molar-refractivity contribution < 1.29 is 19.6 Å². The molecular formula is C18H21ClN5O3S+. The number of rotatable bonds is 8. The Hall–Kier alpha value is -2.62. The van der Waals surface area contributed by atoms with Gasteiger partial charge in [-0.2, -0.15) is 0 Å². The van der Waals surface area contributed by atoms with Crippen LogP contribution in [0.1, 0.15) is 9.67 Å². The molecule has 3 rings (SSSR count). The van der Waals surface area contributed by atoms with E-state index < -0.39 is 12.2 Å². The average molecular weight is 423 g/mol. The predicted octanol–water partition coefficient (Wildman–Crippen LogP) is 1.34. The Kier molecular flexibility index (Phi) is 6.85. The molecule has 1 fully saturated rings. The molecule has 0 bridgehead atoms. The number of ether oxygens (including phenoxy) is 1. The molecule has 0 radical (unpaired) electrons. The average Bonchev–Trinajstić information content (AvgIpc) is 3.29. The zero-order valence-corrected chi connectivity index (χ0v) is 16.6. The highest BCUT2D eigenvalue weighted by atomic mass is 35.5. The molecule has 1 aromatic heterocycles. The normalized spacial score (nSPS) is 16.5. The van der Waals surface area contributed by atoms with Crippen molar-refractivity contribution in [1.29, 1.82) is 0 Å². The quantitative estimate of drug-likeness (QED) is 0.258. The van der Waals surface area contributed by atoms with Gasteiger partial charge in [0.25, 0.3) is 5.91 Å². The van der Waals surface area contributed by atoms with Gasteiger partial charge in [0.2, 0.25) is 0 Å². The van der Waals surface area contributed by atoms with Crippen molar-refractivity contribution in [1.82, 2.24) is 5.32 Å². The van der Waals surface area contributed by atoms with Crippen LogP contribution in [0.2, 0.25) is 4.34 Å². The van der Waals surface area contributed by atoms with Crippen LogP contribution < -0.4 is 21.3 Å². The summed E-state index contributed by atoms with van der Waals surface area (Å²) >= 11 is 7.04. The van der Waals surface area contributed by atoms with E-state index in [2.05, 4.69) is 10.3 Å². The van der Waals surface area contributed by atoms with Crippen LogP contribution in [0.4, 0.5) is 16.2 Å². The predicted molar refractivity (Wildman–Crippen MR) is 110 cm³/mol. The number of aliphatic imine (C=N–C) groups is 1. The van der Waals surface area contributed by atoms with E-state index in [1.807, 2.05) is 29.6 Å². The van der Waals surface area contributed by atoms with Crippen molar-refractivity contribution in [2.24, 2.45) is 10.7 Å². The molecule has 2 amide bonds. The number of halogens is 1. The molecule has 2 aromatic rings. The van der Waals surface area contributed by atoms with Gasteiger partial charge < -0.3 is 21.1 Å². The molecule has 2 heterocycles. The number of anilines is 1. The lowest BCUT2D eigenvalue weighted by atomic mass is 10.2. The van der Waals surface area contributed by atoms with E-state index in [1.54, 1.807) is 17.0 Å². The van der Waals surface area contributed by atoms with Crippen LogP contribution in [0.25, 0.3) is 0 Å². The molecular weight excluding hydrogens is 402 g/mol. The van der Waals surface area contributed by atoms with E-state index in [-0.39, 0.29) is 12.5 Å². The van der Waals surface area contributed by atoms with Crippen LogP contribution in [-0.2, 0) is 4.74 Å².